The summed E-state index contributed by atoms with van der Waals surface area (Å²) in [5, 5.41) is 10.8. The second-order valence-corrected chi connectivity index (χ2v) is 7.55. The van der Waals surface area contributed by atoms with Gasteiger partial charge in [0.05, 0.1) is 6.10 Å². The van der Waals surface area contributed by atoms with Crippen molar-refractivity contribution >= 4 is 11.8 Å². The van der Waals surface area contributed by atoms with Crippen molar-refractivity contribution in [1.82, 2.24) is 0 Å². The Morgan fingerprint density at radius 1 is 1.28 bits per heavy atom. The standard InChI is InChI=1S/C16H22OS/c1-16(10-5-11-18-16)15(17)14-9-3-2-8-13(14)12-6-4-7-12/h2-3,8-9,12,15,17H,4-7,10-11H2,1H3. The normalized spacial score (nSPS) is 30.1. The van der Waals surface area contributed by atoms with Gasteiger partial charge in [0.2, 0.25) is 0 Å². The molecule has 3 rings (SSSR count). The van der Waals surface area contributed by atoms with Gasteiger partial charge in [-0.2, -0.15) is 11.8 Å². The zero-order chi connectivity index (χ0) is 12.6. The van der Waals surface area contributed by atoms with E-state index in [1.807, 2.05) is 11.8 Å². The van der Waals surface area contributed by atoms with E-state index in [2.05, 4.69) is 31.2 Å². The third kappa shape index (κ3) is 2.10. The first kappa shape index (κ1) is 12.6. The lowest BCUT2D eigenvalue weighted by Gasteiger charge is -2.34. The molecule has 2 unspecified atom stereocenters. The summed E-state index contributed by atoms with van der Waals surface area (Å²) < 4.78 is 0.0276. The molecule has 1 N–H and O–H groups in total. The smallest absolute Gasteiger partial charge is 0.0936 e. The minimum absolute atomic E-state index is 0.0276. The van der Waals surface area contributed by atoms with E-state index >= 15 is 0 Å². The predicted molar refractivity (Wildman–Crippen MR) is 78.1 cm³/mol. The molecule has 2 aliphatic rings. The van der Waals surface area contributed by atoms with Crippen molar-refractivity contribution in [3.8, 4) is 0 Å². The first-order valence-corrected chi connectivity index (χ1v) is 8.10. The third-order valence-electron chi connectivity index (χ3n) is 4.66. The topological polar surface area (TPSA) is 20.2 Å². The summed E-state index contributed by atoms with van der Waals surface area (Å²) in [6.45, 7) is 2.23. The zero-order valence-electron chi connectivity index (χ0n) is 11.1. The summed E-state index contributed by atoms with van der Waals surface area (Å²) in [5.74, 6) is 1.89. The van der Waals surface area contributed by atoms with Crippen LogP contribution >= 0.6 is 11.8 Å². The van der Waals surface area contributed by atoms with Gasteiger partial charge in [0, 0.05) is 4.75 Å². The molecule has 1 aromatic rings. The monoisotopic (exact) mass is 262 g/mol. The lowest BCUT2D eigenvalue weighted by atomic mass is 9.76. The lowest BCUT2D eigenvalue weighted by Crippen LogP contribution is -2.28. The van der Waals surface area contributed by atoms with Crippen molar-refractivity contribution < 1.29 is 5.11 Å². The molecule has 2 atom stereocenters. The minimum Gasteiger partial charge on any atom is -0.387 e. The number of rotatable bonds is 3. The fourth-order valence-corrected chi connectivity index (χ4v) is 4.52. The Morgan fingerprint density at radius 2 is 2.06 bits per heavy atom. The van der Waals surface area contributed by atoms with Crippen LogP contribution in [0.4, 0.5) is 0 Å². The summed E-state index contributed by atoms with van der Waals surface area (Å²) in [6.07, 6.45) is 6.02. The van der Waals surface area contributed by atoms with E-state index in [0.717, 1.165) is 6.42 Å². The number of hydrogen-bond acceptors (Lipinski definition) is 2. The number of benzene rings is 1. The number of thioether (sulfide) groups is 1. The highest BCUT2D eigenvalue weighted by molar-refractivity contribution is 8.00. The van der Waals surface area contributed by atoms with E-state index in [-0.39, 0.29) is 10.9 Å². The van der Waals surface area contributed by atoms with Gasteiger partial charge in [-0.3, -0.25) is 0 Å². The molecule has 1 heterocycles. The SMILES string of the molecule is CC1(C(O)c2ccccc2C2CCC2)CCCS1. The van der Waals surface area contributed by atoms with Gasteiger partial charge in [-0.1, -0.05) is 30.7 Å². The summed E-state index contributed by atoms with van der Waals surface area (Å²) in [7, 11) is 0. The Labute approximate surface area is 114 Å². The van der Waals surface area contributed by atoms with Crippen molar-refractivity contribution in [1.29, 1.82) is 0 Å². The zero-order valence-corrected chi connectivity index (χ0v) is 11.9. The van der Waals surface area contributed by atoms with Crippen molar-refractivity contribution in [3.63, 3.8) is 0 Å². The van der Waals surface area contributed by atoms with Gasteiger partial charge in [-0.05, 0) is 55.4 Å². The molecule has 18 heavy (non-hydrogen) atoms. The molecule has 1 saturated carbocycles. The molecule has 0 bridgehead atoms. The molecule has 2 heteroatoms. The lowest BCUT2D eigenvalue weighted by molar-refractivity contribution is 0.133. The van der Waals surface area contributed by atoms with Crippen molar-refractivity contribution in [3.05, 3.63) is 35.4 Å². The van der Waals surface area contributed by atoms with Gasteiger partial charge < -0.3 is 5.11 Å². The Bertz CT molecular complexity index is 419. The van der Waals surface area contributed by atoms with Crippen LogP contribution in [0.25, 0.3) is 0 Å². The molecule has 0 radical (unpaired) electrons. The molecule has 1 aliphatic heterocycles. The quantitative estimate of drug-likeness (QED) is 0.877. The summed E-state index contributed by atoms with van der Waals surface area (Å²) >= 11 is 1.94. The fourth-order valence-electron chi connectivity index (χ4n) is 3.20. The van der Waals surface area contributed by atoms with Gasteiger partial charge in [-0.25, -0.2) is 0 Å². The van der Waals surface area contributed by atoms with Gasteiger partial charge >= 0.3 is 0 Å². The van der Waals surface area contributed by atoms with E-state index in [1.54, 1.807) is 0 Å². The Balaban J connectivity index is 1.90. The summed E-state index contributed by atoms with van der Waals surface area (Å²) in [6, 6.07) is 8.56. The van der Waals surface area contributed by atoms with E-state index in [0.29, 0.717) is 5.92 Å². The van der Waals surface area contributed by atoms with Gasteiger partial charge in [0.15, 0.2) is 0 Å². The van der Waals surface area contributed by atoms with E-state index in [1.165, 1.54) is 42.6 Å². The number of aliphatic hydroxyl groups excluding tert-OH is 1. The van der Waals surface area contributed by atoms with Crippen molar-refractivity contribution in [2.24, 2.45) is 0 Å². The van der Waals surface area contributed by atoms with Gasteiger partial charge in [0.1, 0.15) is 0 Å². The Morgan fingerprint density at radius 3 is 2.67 bits per heavy atom. The molecule has 1 aliphatic carbocycles. The van der Waals surface area contributed by atoms with Crippen LogP contribution in [0.5, 0.6) is 0 Å². The maximum absolute atomic E-state index is 10.8. The molecule has 1 saturated heterocycles. The predicted octanol–water partition coefficient (Wildman–Crippen LogP) is 4.27. The molecule has 98 valence electrons. The molecule has 0 amide bonds. The second kappa shape index (κ2) is 4.90. The van der Waals surface area contributed by atoms with Gasteiger partial charge in [-0.15, -0.1) is 0 Å². The molecule has 0 aromatic heterocycles. The van der Waals surface area contributed by atoms with Crippen LogP contribution in [0, 0.1) is 0 Å². The molecular formula is C16H22OS. The van der Waals surface area contributed by atoms with Crippen LogP contribution < -0.4 is 0 Å². The Hall–Kier alpha value is -0.470. The molecule has 1 aromatic carbocycles. The highest BCUT2D eigenvalue weighted by Gasteiger charge is 2.39. The molecule has 0 spiro atoms. The average Bonchev–Trinajstić information content (AvgIpc) is 2.75. The molecule has 2 fully saturated rings. The fraction of sp³-hybridized carbons (Fsp3) is 0.625. The molecule has 1 nitrogen and oxygen atoms in total. The van der Waals surface area contributed by atoms with E-state index in [4.69, 9.17) is 0 Å². The van der Waals surface area contributed by atoms with E-state index in [9.17, 15) is 5.11 Å². The minimum atomic E-state index is -0.304. The van der Waals surface area contributed by atoms with Crippen LogP contribution in [0.3, 0.4) is 0 Å². The maximum Gasteiger partial charge on any atom is 0.0936 e. The largest absolute Gasteiger partial charge is 0.387 e. The first-order chi connectivity index (χ1) is 8.71. The van der Waals surface area contributed by atoms with Crippen molar-refractivity contribution in [2.75, 3.05) is 5.75 Å². The summed E-state index contributed by atoms with van der Waals surface area (Å²) in [5.41, 5.74) is 2.60. The second-order valence-electron chi connectivity index (χ2n) is 5.92. The third-order valence-corrected chi connectivity index (χ3v) is 6.24. The van der Waals surface area contributed by atoms with Crippen LogP contribution in [0.15, 0.2) is 24.3 Å². The van der Waals surface area contributed by atoms with Crippen LogP contribution in [0.1, 0.15) is 62.2 Å². The number of aliphatic hydroxyl groups is 1. The van der Waals surface area contributed by atoms with Gasteiger partial charge in [0.25, 0.3) is 0 Å². The van der Waals surface area contributed by atoms with Crippen LogP contribution in [-0.2, 0) is 0 Å². The highest BCUT2D eigenvalue weighted by atomic mass is 32.2. The van der Waals surface area contributed by atoms with Crippen LogP contribution in [0.2, 0.25) is 0 Å². The Kier molecular flexibility index (Phi) is 3.42. The maximum atomic E-state index is 10.8. The average molecular weight is 262 g/mol. The highest BCUT2D eigenvalue weighted by Crippen LogP contribution is 2.49. The van der Waals surface area contributed by atoms with Crippen LogP contribution in [-0.4, -0.2) is 15.6 Å². The number of hydrogen-bond donors (Lipinski definition) is 1. The van der Waals surface area contributed by atoms with E-state index < -0.39 is 0 Å². The van der Waals surface area contributed by atoms with Crippen molar-refractivity contribution in [2.45, 2.75) is 55.8 Å². The summed E-state index contributed by atoms with van der Waals surface area (Å²) in [4.78, 5) is 0. The molecular weight excluding hydrogens is 240 g/mol. The first-order valence-electron chi connectivity index (χ1n) is 7.11.